The molecule has 2 N–H and O–H groups in total. The van der Waals surface area contributed by atoms with Crippen LogP contribution in [0.25, 0.3) is 0 Å². The Kier molecular flexibility index (Phi) is 5.77. The maximum Gasteiger partial charge on any atom is 0.326 e. The molecule has 1 aromatic carbocycles. The van der Waals surface area contributed by atoms with Gasteiger partial charge >= 0.3 is 5.97 Å². The van der Waals surface area contributed by atoms with Crippen LogP contribution >= 0.6 is 11.6 Å². The van der Waals surface area contributed by atoms with E-state index in [2.05, 4.69) is 5.32 Å². The number of rotatable bonds is 4. The van der Waals surface area contributed by atoms with Crippen molar-refractivity contribution in [1.29, 1.82) is 0 Å². The molecule has 24 heavy (non-hydrogen) atoms. The van der Waals surface area contributed by atoms with E-state index in [4.69, 9.17) is 11.6 Å². The molecule has 2 amide bonds. The predicted molar refractivity (Wildman–Crippen MR) is 85.0 cm³/mol. The number of carbonyl (C=O) groups excluding carboxylic acids is 2. The van der Waals surface area contributed by atoms with Gasteiger partial charge in [-0.05, 0) is 30.5 Å². The fourth-order valence-corrected chi connectivity index (χ4v) is 2.96. The molecule has 0 spiro atoms. The van der Waals surface area contributed by atoms with Gasteiger partial charge < -0.3 is 15.3 Å². The normalized spacial score (nSPS) is 20.5. The molecule has 0 unspecified atom stereocenters. The summed E-state index contributed by atoms with van der Waals surface area (Å²) in [5, 5.41) is 11.8. The van der Waals surface area contributed by atoms with Crippen molar-refractivity contribution in [2.75, 3.05) is 13.6 Å². The number of piperidine rings is 1. The van der Waals surface area contributed by atoms with E-state index in [1.807, 2.05) is 0 Å². The van der Waals surface area contributed by atoms with Crippen molar-refractivity contribution in [2.45, 2.75) is 25.3 Å². The fourth-order valence-electron chi connectivity index (χ4n) is 2.85. The summed E-state index contributed by atoms with van der Waals surface area (Å²) < 4.78 is 13.5. The summed E-state index contributed by atoms with van der Waals surface area (Å²) in [5.74, 6) is -2.89. The Hall–Kier alpha value is -2.15. The first kappa shape index (κ1) is 18.2. The number of hydrogen-bond donors (Lipinski definition) is 2. The Labute approximate surface area is 143 Å². The van der Waals surface area contributed by atoms with E-state index >= 15 is 0 Å². The second-order valence-electron chi connectivity index (χ2n) is 5.71. The van der Waals surface area contributed by atoms with Crippen LogP contribution in [0, 0.1) is 11.7 Å². The van der Waals surface area contributed by atoms with E-state index in [0.717, 1.165) is 6.07 Å². The molecule has 0 radical (unpaired) electrons. The molecule has 2 atom stereocenters. The number of nitrogens with zero attached hydrogens (tertiary/aromatic N) is 1. The van der Waals surface area contributed by atoms with Crippen LogP contribution in [0.15, 0.2) is 18.2 Å². The largest absolute Gasteiger partial charge is 0.480 e. The first-order valence-electron chi connectivity index (χ1n) is 7.51. The molecule has 1 fully saturated rings. The number of halogens is 2. The SMILES string of the molecule is CNC(=O)[C@H]1CC[C@@H](C(=O)O)N(C(=O)Cc2ccc(Cl)c(F)c2)C1. The van der Waals surface area contributed by atoms with Crippen LogP contribution in [0.2, 0.25) is 5.02 Å². The zero-order valence-corrected chi connectivity index (χ0v) is 13.8. The molecule has 1 aliphatic heterocycles. The van der Waals surface area contributed by atoms with Crippen molar-refractivity contribution < 1.29 is 23.9 Å². The summed E-state index contributed by atoms with van der Waals surface area (Å²) in [6.45, 7) is 0.0333. The quantitative estimate of drug-likeness (QED) is 0.855. The van der Waals surface area contributed by atoms with Gasteiger partial charge in [-0.15, -0.1) is 0 Å². The molecule has 130 valence electrons. The van der Waals surface area contributed by atoms with Crippen LogP contribution < -0.4 is 5.32 Å². The molecule has 0 aliphatic carbocycles. The topological polar surface area (TPSA) is 86.7 Å². The van der Waals surface area contributed by atoms with E-state index in [-0.39, 0.29) is 30.3 Å². The van der Waals surface area contributed by atoms with Crippen molar-refractivity contribution in [3.05, 3.63) is 34.6 Å². The lowest BCUT2D eigenvalue weighted by molar-refractivity contribution is -0.154. The Balaban J connectivity index is 2.16. The number of likely N-dealkylation sites (tertiary alicyclic amines) is 1. The van der Waals surface area contributed by atoms with E-state index in [0.29, 0.717) is 12.0 Å². The van der Waals surface area contributed by atoms with E-state index in [1.54, 1.807) is 0 Å². The zero-order valence-electron chi connectivity index (χ0n) is 13.1. The lowest BCUT2D eigenvalue weighted by atomic mass is 9.91. The molecular formula is C16H18ClFN2O4. The molecular weight excluding hydrogens is 339 g/mol. The van der Waals surface area contributed by atoms with Crippen molar-refractivity contribution in [1.82, 2.24) is 10.2 Å². The van der Waals surface area contributed by atoms with E-state index in [1.165, 1.54) is 24.1 Å². The van der Waals surface area contributed by atoms with Crippen LogP contribution in [0.5, 0.6) is 0 Å². The smallest absolute Gasteiger partial charge is 0.326 e. The minimum atomic E-state index is -1.11. The van der Waals surface area contributed by atoms with Crippen molar-refractivity contribution >= 4 is 29.4 Å². The summed E-state index contributed by atoms with van der Waals surface area (Å²) in [6.07, 6.45) is 0.447. The van der Waals surface area contributed by atoms with Gasteiger partial charge in [0.2, 0.25) is 11.8 Å². The van der Waals surface area contributed by atoms with Crippen LogP contribution in [-0.2, 0) is 20.8 Å². The van der Waals surface area contributed by atoms with Crippen LogP contribution in [-0.4, -0.2) is 47.4 Å². The molecule has 1 aromatic rings. The number of amides is 2. The summed E-state index contributed by atoms with van der Waals surface area (Å²) in [4.78, 5) is 36.9. The first-order valence-corrected chi connectivity index (χ1v) is 7.89. The molecule has 6 nitrogen and oxygen atoms in total. The average molecular weight is 357 g/mol. The highest BCUT2D eigenvalue weighted by molar-refractivity contribution is 6.30. The third-order valence-corrected chi connectivity index (χ3v) is 4.45. The number of carboxylic acid groups (broad SMARTS) is 1. The van der Waals surface area contributed by atoms with Gasteiger partial charge in [0.25, 0.3) is 0 Å². The Bertz CT molecular complexity index is 667. The number of benzene rings is 1. The Morgan fingerprint density at radius 3 is 2.67 bits per heavy atom. The van der Waals surface area contributed by atoms with Gasteiger partial charge in [0.05, 0.1) is 17.4 Å². The third-order valence-electron chi connectivity index (χ3n) is 4.14. The van der Waals surface area contributed by atoms with Crippen LogP contribution in [0.1, 0.15) is 18.4 Å². The number of carboxylic acids is 1. The second-order valence-corrected chi connectivity index (χ2v) is 6.12. The van der Waals surface area contributed by atoms with Gasteiger partial charge in [-0.2, -0.15) is 0 Å². The van der Waals surface area contributed by atoms with Gasteiger partial charge in [-0.1, -0.05) is 17.7 Å². The molecule has 0 aromatic heterocycles. The number of nitrogens with one attached hydrogen (secondary N) is 1. The standard InChI is InChI=1S/C16H18ClFN2O4/c1-19-15(22)10-3-5-13(16(23)24)20(8-10)14(21)7-9-2-4-11(17)12(18)6-9/h2,4,6,10,13H,3,5,7-8H2,1H3,(H,19,22)(H,23,24)/t10-,13-/m0/s1. The third kappa shape index (κ3) is 4.03. The Morgan fingerprint density at radius 1 is 1.38 bits per heavy atom. The maximum absolute atomic E-state index is 13.5. The van der Waals surface area contributed by atoms with Gasteiger partial charge in [-0.25, -0.2) is 9.18 Å². The highest BCUT2D eigenvalue weighted by Crippen LogP contribution is 2.24. The predicted octanol–water partition coefficient (Wildman–Crippen LogP) is 1.46. The molecule has 1 heterocycles. The monoisotopic (exact) mass is 356 g/mol. The highest BCUT2D eigenvalue weighted by Gasteiger charge is 2.37. The minimum Gasteiger partial charge on any atom is -0.480 e. The number of aliphatic carboxylic acids is 1. The number of hydrogen-bond acceptors (Lipinski definition) is 3. The van der Waals surface area contributed by atoms with Gasteiger partial charge in [-0.3, -0.25) is 9.59 Å². The van der Waals surface area contributed by atoms with E-state index < -0.39 is 29.7 Å². The first-order chi connectivity index (χ1) is 11.3. The van der Waals surface area contributed by atoms with Gasteiger partial charge in [0.1, 0.15) is 11.9 Å². The minimum absolute atomic E-state index is 0.0333. The van der Waals surface area contributed by atoms with Crippen molar-refractivity contribution in [2.24, 2.45) is 5.92 Å². The molecule has 0 saturated carbocycles. The zero-order chi connectivity index (χ0) is 17.9. The number of carbonyl (C=O) groups is 3. The van der Waals surface area contributed by atoms with Crippen molar-refractivity contribution in [3.8, 4) is 0 Å². The molecule has 8 heteroatoms. The summed E-state index contributed by atoms with van der Waals surface area (Å²) in [7, 11) is 1.49. The summed E-state index contributed by atoms with van der Waals surface area (Å²) >= 11 is 5.61. The lowest BCUT2D eigenvalue weighted by Gasteiger charge is -2.36. The van der Waals surface area contributed by atoms with Crippen molar-refractivity contribution in [3.63, 3.8) is 0 Å². The summed E-state index contributed by atoms with van der Waals surface area (Å²) in [5.41, 5.74) is 0.396. The van der Waals surface area contributed by atoms with Crippen LogP contribution in [0.3, 0.4) is 0 Å². The summed E-state index contributed by atoms with van der Waals surface area (Å²) in [6, 6.07) is 3.03. The maximum atomic E-state index is 13.5. The molecule has 1 aliphatic rings. The molecule has 1 saturated heterocycles. The molecule has 0 bridgehead atoms. The Morgan fingerprint density at radius 2 is 2.08 bits per heavy atom. The second kappa shape index (κ2) is 7.61. The van der Waals surface area contributed by atoms with E-state index in [9.17, 15) is 23.9 Å². The van der Waals surface area contributed by atoms with Gasteiger partial charge in [0, 0.05) is 13.6 Å². The van der Waals surface area contributed by atoms with Gasteiger partial charge in [0.15, 0.2) is 0 Å². The average Bonchev–Trinajstić information content (AvgIpc) is 2.56. The highest BCUT2D eigenvalue weighted by atomic mass is 35.5. The molecule has 2 rings (SSSR count). The fraction of sp³-hybridized carbons (Fsp3) is 0.438. The lowest BCUT2D eigenvalue weighted by Crippen LogP contribution is -2.53. The van der Waals surface area contributed by atoms with Crippen LogP contribution in [0.4, 0.5) is 4.39 Å².